The van der Waals surface area contributed by atoms with Crippen molar-refractivity contribution in [3.8, 4) is 0 Å². The molecule has 1 aromatic rings. The maximum atomic E-state index is 4.59. The van der Waals surface area contributed by atoms with Crippen LogP contribution in [0, 0.1) is 6.92 Å². The minimum atomic E-state index is 0.701. The van der Waals surface area contributed by atoms with Crippen molar-refractivity contribution in [2.75, 3.05) is 5.32 Å². The summed E-state index contributed by atoms with van der Waals surface area (Å²) in [5, 5.41) is 3.53. The standard InChI is InChI=1S/C12H19N3/c1-9-8-15(11-4-2-3-5-11)12(13-9)14-10-6-7-10/h8,10-11H,2-7H2,1H3,(H,13,14). The number of nitrogens with zero attached hydrogens (tertiary/aromatic N) is 2. The monoisotopic (exact) mass is 205 g/mol. The van der Waals surface area contributed by atoms with Gasteiger partial charge >= 0.3 is 0 Å². The predicted molar refractivity (Wildman–Crippen MR) is 61.1 cm³/mol. The van der Waals surface area contributed by atoms with E-state index in [1.165, 1.54) is 38.5 Å². The first-order chi connectivity index (χ1) is 7.33. The van der Waals surface area contributed by atoms with E-state index in [9.17, 15) is 0 Å². The topological polar surface area (TPSA) is 29.9 Å². The Bertz CT molecular complexity index is 346. The maximum Gasteiger partial charge on any atom is 0.203 e. The fourth-order valence-corrected chi connectivity index (χ4v) is 2.49. The molecule has 2 aliphatic rings. The minimum Gasteiger partial charge on any atom is -0.353 e. The number of imidazole rings is 1. The number of nitrogens with one attached hydrogen (secondary N) is 1. The van der Waals surface area contributed by atoms with Crippen LogP contribution in [0.25, 0.3) is 0 Å². The number of hydrogen-bond acceptors (Lipinski definition) is 2. The first-order valence-corrected chi connectivity index (χ1v) is 6.15. The lowest BCUT2D eigenvalue weighted by molar-refractivity contribution is 0.522. The first-order valence-electron chi connectivity index (χ1n) is 6.15. The quantitative estimate of drug-likeness (QED) is 0.822. The number of anilines is 1. The van der Waals surface area contributed by atoms with Crippen LogP contribution in [0.1, 0.15) is 50.3 Å². The predicted octanol–water partition coefficient (Wildman–Crippen LogP) is 2.88. The fourth-order valence-electron chi connectivity index (χ4n) is 2.49. The van der Waals surface area contributed by atoms with Crippen molar-refractivity contribution in [1.29, 1.82) is 0 Å². The highest BCUT2D eigenvalue weighted by molar-refractivity contribution is 5.33. The summed E-state index contributed by atoms with van der Waals surface area (Å²) in [6.45, 7) is 2.09. The van der Waals surface area contributed by atoms with Gasteiger partial charge in [0.1, 0.15) is 0 Å². The van der Waals surface area contributed by atoms with E-state index in [0.29, 0.717) is 12.1 Å². The average Bonchev–Trinajstić information content (AvgIpc) is 2.75. The third-order valence-corrected chi connectivity index (χ3v) is 3.48. The molecule has 0 aromatic carbocycles. The van der Waals surface area contributed by atoms with Gasteiger partial charge in [0.2, 0.25) is 5.95 Å². The van der Waals surface area contributed by atoms with Crippen molar-refractivity contribution >= 4 is 5.95 Å². The van der Waals surface area contributed by atoms with Crippen LogP contribution in [-0.2, 0) is 0 Å². The molecule has 15 heavy (non-hydrogen) atoms. The molecule has 2 fully saturated rings. The van der Waals surface area contributed by atoms with Gasteiger partial charge in [-0.05, 0) is 32.6 Å². The van der Waals surface area contributed by atoms with Crippen LogP contribution in [0.2, 0.25) is 0 Å². The second-order valence-corrected chi connectivity index (χ2v) is 4.97. The van der Waals surface area contributed by atoms with Gasteiger partial charge < -0.3 is 9.88 Å². The van der Waals surface area contributed by atoms with Crippen molar-refractivity contribution in [3.63, 3.8) is 0 Å². The highest BCUT2D eigenvalue weighted by Crippen LogP contribution is 2.33. The molecule has 0 unspecified atom stereocenters. The largest absolute Gasteiger partial charge is 0.353 e. The van der Waals surface area contributed by atoms with Crippen molar-refractivity contribution in [3.05, 3.63) is 11.9 Å². The number of aryl methyl sites for hydroxylation is 1. The molecule has 0 amide bonds. The Labute approximate surface area is 90.9 Å². The Hall–Kier alpha value is -0.990. The molecule has 0 spiro atoms. The zero-order chi connectivity index (χ0) is 10.3. The third kappa shape index (κ3) is 1.87. The summed E-state index contributed by atoms with van der Waals surface area (Å²) in [5.41, 5.74) is 1.14. The zero-order valence-electron chi connectivity index (χ0n) is 9.37. The summed E-state index contributed by atoms with van der Waals surface area (Å²) in [6, 6.07) is 1.40. The van der Waals surface area contributed by atoms with E-state index in [4.69, 9.17) is 0 Å². The summed E-state index contributed by atoms with van der Waals surface area (Å²) in [7, 11) is 0. The van der Waals surface area contributed by atoms with E-state index in [1.54, 1.807) is 0 Å². The fraction of sp³-hybridized carbons (Fsp3) is 0.750. The van der Waals surface area contributed by atoms with E-state index in [0.717, 1.165) is 11.6 Å². The summed E-state index contributed by atoms with van der Waals surface area (Å²) >= 11 is 0. The molecular formula is C12H19N3. The van der Waals surface area contributed by atoms with Crippen LogP contribution >= 0.6 is 0 Å². The molecule has 3 rings (SSSR count). The lowest BCUT2D eigenvalue weighted by atomic mass is 10.2. The van der Waals surface area contributed by atoms with Crippen molar-refractivity contribution in [1.82, 2.24) is 9.55 Å². The number of aromatic nitrogens is 2. The zero-order valence-corrected chi connectivity index (χ0v) is 9.37. The lowest BCUT2D eigenvalue weighted by Gasteiger charge is -2.15. The van der Waals surface area contributed by atoms with Crippen molar-refractivity contribution < 1.29 is 0 Å². The van der Waals surface area contributed by atoms with Gasteiger partial charge in [-0.1, -0.05) is 12.8 Å². The average molecular weight is 205 g/mol. The lowest BCUT2D eigenvalue weighted by Crippen LogP contribution is -2.11. The van der Waals surface area contributed by atoms with E-state index in [1.807, 2.05) is 0 Å². The summed E-state index contributed by atoms with van der Waals surface area (Å²) < 4.78 is 2.38. The van der Waals surface area contributed by atoms with Crippen molar-refractivity contribution in [2.24, 2.45) is 0 Å². The van der Waals surface area contributed by atoms with E-state index < -0.39 is 0 Å². The Morgan fingerprint density at radius 2 is 2.00 bits per heavy atom. The molecular weight excluding hydrogens is 186 g/mol. The molecule has 0 bridgehead atoms. The Balaban J connectivity index is 1.83. The Morgan fingerprint density at radius 3 is 2.67 bits per heavy atom. The molecule has 1 heterocycles. The molecule has 2 saturated carbocycles. The molecule has 3 heteroatoms. The second kappa shape index (κ2) is 3.54. The molecule has 1 aromatic heterocycles. The van der Waals surface area contributed by atoms with Crippen LogP contribution < -0.4 is 5.32 Å². The normalized spacial score (nSPS) is 22.2. The molecule has 2 aliphatic carbocycles. The maximum absolute atomic E-state index is 4.59. The molecule has 0 saturated heterocycles. The van der Waals surface area contributed by atoms with Gasteiger partial charge in [0.15, 0.2) is 0 Å². The molecule has 0 aliphatic heterocycles. The Kier molecular flexibility index (Phi) is 2.19. The summed E-state index contributed by atoms with van der Waals surface area (Å²) in [4.78, 5) is 4.59. The third-order valence-electron chi connectivity index (χ3n) is 3.48. The smallest absolute Gasteiger partial charge is 0.203 e. The number of rotatable bonds is 3. The highest BCUT2D eigenvalue weighted by atomic mass is 15.2. The van der Waals surface area contributed by atoms with Gasteiger partial charge in [-0.2, -0.15) is 0 Å². The molecule has 82 valence electrons. The first kappa shape index (κ1) is 9.25. The molecule has 1 N–H and O–H groups in total. The van der Waals surface area contributed by atoms with Crippen LogP contribution in [-0.4, -0.2) is 15.6 Å². The summed E-state index contributed by atoms with van der Waals surface area (Å²) in [5.74, 6) is 1.11. The SMILES string of the molecule is Cc1cn(C2CCCC2)c(NC2CC2)n1. The van der Waals surface area contributed by atoms with E-state index in [-0.39, 0.29) is 0 Å². The van der Waals surface area contributed by atoms with Gasteiger partial charge in [0.05, 0.1) is 5.69 Å². The Morgan fingerprint density at radius 1 is 1.27 bits per heavy atom. The van der Waals surface area contributed by atoms with Crippen LogP contribution in [0.3, 0.4) is 0 Å². The van der Waals surface area contributed by atoms with E-state index >= 15 is 0 Å². The second-order valence-electron chi connectivity index (χ2n) is 4.97. The van der Waals surface area contributed by atoms with Gasteiger partial charge in [0, 0.05) is 18.3 Å². The molecule has 0 atom stereocenters. The highest BCUT2D eigenvalue weighted by Gasteiger charge is 2.25. The molecule has 0 radical (unpaired) electrons. The summed E-state index contributed by atoms with van der Waals surface area (Å²) in [6.07, 6.45) is 10.3. The van der Waals surface area contributed by atoms with Gasteiger partial charge in [-0.25, -0.2) is 4.98 Å². The van der Waals surface area contributed by atoms with Gasteiger partial charge in [-0.3, -0.25) is 0 Å². The molecule has 3 nitrogen and oxygen atoms in total. The van der Waals surface area contributed by atoms with Crippen LogP contribution in [0.15, 0.2) is 6.20 Å². The van der Waals surface area contributed by atoms with Gasteiger partial charge in [0.25, 0.3) is 0 Å². The van der Waals surface area contributed by atoms with E-state index in [2.05, 4.69) is 28.0 Å². The number of hydrogen-bond donors (Lipinski definition) is 1. The van der Waals surface area contributed by atoms with Gasteiger partial charge in [-0.15, -0.1) is 0 Å². The van der Waals surface area contributed by atoms with Crippen LogP contribution in [0.4, 0.5) is 5.95 Å². The minimum absolute atomic E-state index is 0.701. The van der Waals surface area contributed by atoms with Crippen LogP contribution in [0.5, 0.6) is 0 Å². The van der Waals surface area contributed by atoms with Crippen molar-refractivity contribution in [2.45, 2.75) is 57.5 Å².